The summed E-state index contributed by atoms with van der Waals surface area (Å²) in [5.74, 6) is -2.43. The molecule has 0 saturated carbocycles. The van der Waals surface area contributed by atoms with E-state index in [1.807, 2.05) is 0 Å². The lowest BCUT2D eigenvalue weighted by Crippen LogP contribution is -2.28. The number of anilines is 1. The Hall–Kier alpha value is -3.92. The van der Waals surface area contributed by atoms with Crippen molar-refractivity contribution < 1.29 is 23.6 Å². The molecular weight excluding hydrogens is 422 g/mol. The van der Waals surface area contributed by atoms with Crippen LogP contribution >= 0.6 is 0 Å². The number of halogens is 2. The molecule has 0 spiro atoms. The fourth-order valence-corrected chi connectivity index (χ4v) is 3.06. The first-order valence-corrected chi connectivity index (χ1v) is 9.63. The van der Waals surface area contributed by atoms with Crippen LogP contribution < -0.4 is 10.6 Å². The second kappa shape index (κ2) is 9.92. The van der Waals surface area contributed by atoms with E-state index in [1.54, 1.807) is 31.3 Å². The predicted octanol–water partition coefficient (Wildman–Crippen LogP) is 3.90. The molecule has 3 rings (SSSR count). The Balaban J connectivity index is 1.71. The third kappa shape index (κ3) is 5.41. The summed E-state index contributed by atoms with van der Waals surface area (Å²) in [7, 11) is 0. The van der Waals surface area contributed by atoms with Crippen LogP contribution in [0.4, 0.5) is 20.2 Å². The van der Waals surface area contributed by atoms with Gasteiger partial charge in [-0.15, -0.1) is 0 Å². The molecular formula is C22H20F2N4O4. The van der Waals surface area contributed by atoms with Crippen molar-refractivity contribution in [2.45, 2.75) is 19.1 Å². The van der Waals surface area contributed by atoms with E-state index < -0.39 is 28.6 Å². The minimum absolute atomic E-state index is 0.0143. The molecule has 2 unspecified atom stereocenters. The highest BCUT2D eigenvalue weighted by Gasteiger charge is 2.21. The molecule has 1 aromatic heterocycles. The topological polar surface area (TPSA) is 117 Å². The lowest BCUT2D eigenvalue weighted by atomic mass is 10.1. The van der Waals surface area contributed by atoms with E-state index in [4.69, 9.17) is 0 Å². The first-order valence-electron chi connectivity index (χ1n) is 9.63. The quantitative estimate of drug-likeness (QED) is 0.360. The number of aromatic nitrogens is 1. The summed E-state index contributed by atoms with van der Waals surface area (Å²) in [4.78, 5) is 27.5. The monoisotopic (exact) mass is 442 g/mol. The largest absolute Gasteiger partial charge is 0.386 e. The number of nitrogens with one attached hydrogen (secondary N) is 2. The van der Waals surface area contributed by atoms with Gasteiger partial charge in [0.2, 0.25) is 0 Å². The Morgan fingerprint density at radius 2 is 1.97 bits per heavy atom. The maximum atomic E-state index is 13.8. The molecule has 32 heavy (non-hydrogen) atoms. The molecule has 3 aromatic rings. The summed E-state index contributed by atoms with van der Waals surface area (Å²) in [6, 6.07) is 11.6. The van der Waals surface area contributed by atoms with Crippen molar-refractivity contribution in [3.05, 3.63) is 99.4 Å². The number of pyridine rings is 1. The number of nitro benzene ring substituents is 1. The highest BCUT2D eigenvalue weighted by atomic mass is 19.1. The number of aliphatic hydroxyl groups is 1. The van der Waals surface area contributed by atoms with Crippen LogP contribution in [0.1, 0.15) is 40.7 Å². The number of amides is 1. The van der Waals surface area contributed by atoms with Crippen LogP contribution in [0.25, 0.3) is 0 Å². The summed E-state index contributed by atoms with van der Waals surface area (Å²) in [6.07, 6.45) is 0.191. The number of nitro groups is 1. The number of benzene rings is 2. The van der Waals surface area contributed by atoms with Gasteiger partial charge < -0.3 is 15.7 Å². The molecule has 0 aliphatic heterocycles. The van der Waals surface area contributed by atoms with Crippen LogP contribution in [0.5, 0.6) is 0 Å². The van der Waals surface area contributed by atoms with Gasteiger partial charge in [0.25, 0.3) is 11.6 Å². The number of hydrogen-bond acceptors (Lipinski definition) is 6. The Morgan fingerprint density at radius 1 is 1.19 bits per heavy atom. The Labute approximate surface area is 182 Å². The fraction of sp³-hybridized carbons (Fsp3) is 0.182. The second-order valence-corrected chi connectivity index (χ2v) is 7.00. The van der Waals surface area contributed by atoms with E-state index in [2.05, 4.69) is 15.6 Å². The van der Waals surface area contributed by atoms with Gasteiger partial charge in [0.1, 0.15) is 17.3 Å². The van der Waals surface area contributed by atoms with Crippen molar-refractivity contribution in [1.82, 2.24) is 10.3 Å². The van der Waals surface area contributed by atoms with Crippen molar-refractivity contribution in [3.8, 4) is 0 Å². The molecule has 0 fully saturated rings. The van der Waals surface area contributed by atoms with Gasteiger partial charge >= 0.3 is 0 Å². The number of carbonyl (C=O) groups is 1. The summed E-state index contributed by atoms with van der Waals surface area (Å²) in [6.45, 7) is 1.43. The maximum Gasteiger partial charge on any atom is 0.293 e. The van der Waals surface area contributed by atoms with E-state index >= 15 is 0 Å². The molecule has 0 saturated heterocycles. The highest BCUT2D eigenvalue weighted by Crippen LogP contribution is 2.29. The zero-order valence-corrected chi connectivity index (χ0v) is 17.0. The minimum Gasteiger partial charge on any atom is -0.386 e. The minimum atomic E-state index is -1.42. The molecule has 3 N–H and O–H groups in total. The summed E-state index contributed by atoms with van der Waals surface area (Å²) in [5.41, 5.74) is 0.384. The molecule has 8 nitrogen and oxygen atoms in total. The maximum absolute atomic E-state index is 13.8. The van der Waals surface area contributed by atoms with E-state index in [9.17, 15) is 28.8 Å². The van der Waals surface area contributed by atoms with Crippen molar-refractivity contribution in [3.63, 3.8) is 0 Å². The molecule has 0 aliphatic rings. The number of aliphatic hydroxyl groups excluding tert-OH is 1. The van der Waals surface area contributed by atoms with E-state index in [-0.39, 0.29) is 35.1 Å². The third-order valence-corrected chi connectivity index (χ3v) is 4.74. The smallest absolute Gasteiger partial charge is 0.293 e. The van der Waals surface area contributed by atoms with Gasteiger partial charge in [0, 0.05) is 36.0 Å². The summed E-state index contributed by atoms with van der Waals surface area (Å²) < 4.78 is 26.8. The van der Waals surface area contributed by atoms with Gasteiger partial charge in [-0.1, -0.05) is 12.1 Å². The average Bonchev–Trinajstić information content (AvgIpc) is 2.77. The van der Waals surface area contributed by atoms with Crippen molar-refractivity contribution in [2.24, 2.45) is 0 Å². The summed E-state index contributed by atoms with van der Waals surface area (Å²) in [5, 5.41) is 27.0. The number of rotatable bonds is 8. The van der Waals surface area contributed by atoms with Crippen molar-refractivity contribution >= 4 is 17.3 Å². The van der Waals surface area contributed by atoms with Crippen molar-refractivity contribution in [2.75, 3.05) is 11.9 Å². The van der Waals surface area contributed by atoms with Gasteiger partial charge in [-0.3, -0.25) is 19.9 Å². The van der Waals surface area contributed by atoms with Crippen LogP contribution in [-0.2, 0) is 0 Å². The highest BCUT2D eigenvalue weighted by molar-refractivity contribution is 5.95. The van der Waals surface area contributed by atoms with Crippen LogP contribution in [0.2, 0.25) is 0 Å². The molecule has 1 heterocycles. The van der Waals surface area contributed by atoms with Crippen LogP contribution in [0, 0.1) is 21.7 Å². The SMILES string of the molecule is CC(Nc1ccc(C(=O)NCC(O)c2ccc(F)cc2F)cc1[N+](=O)[O-])c1ccccn1. The van der Waals surface area contributed by atoms with Gasteiger partial charge in [-0.2, -0.15) is 0 Å². The first-order chi connectivity index (χ1) is 15.3. The zero-order valence-electron chi connectivity index (χ0n) is 17.0. The molecule has 10 heteroatoms. The number of nitrogens with zero attached hydrogens (tertiary/aromatic N) is 2. The van der Waals surface area contributed by atoms with E-state index in [0.29, 0.717) is 11.8 Å². The molecule has 2 aromatic carbocycles. The van der Waals surface area contributed by atoms with Crippen LogP contribution in [0.3, 0.4) is 0 Å². The normalized spacial score (nSPS) is 12.6. The number of hydrogen-bond donors (Lipinski definition) is 3. The Bertz CT molecular complexity index is 1130. The second-order valence-electron chi connectivity index (χ2n) is 7.00. The average molecular weight is 442 g/mol. The molecule has 0 radical (unpaired) electrons. The zero-order chi connectivity index (χ0) is 23.3. The predicted molar refractivity (Wildman–Crippen MR) is 113 cm³/mol. The van der Waals surface area contributed by atoms with Gasteiger partial charge in [-0.05, 0) is 37.3 Å². The Kier molecular flexibility index (Phi) is 7.06. The molecule has 0 bridgehead atoms. The lowest BCUT2D eigenvalue weighted by molar-refractivity contribution is -0.384. The van der Waals surface area contributed by atoms with Crippen LogP contribution in [0.15, 0.2) is 60.8 Å². The molecule has 2 atom stereocenters. The Morgan fingerprint density at radius 3 is 2.62 bits per heavy atom. The molecule has 166 valence electrons. The fourth-order valence-electron chi connectivity index (χ4n) is 3.06. The van der Waals surface area contributed by atoms with E-state index in [0.717, 1.165) is 18.2 Å². The standard InChI is InChI=1S/C22H20F2N4O4/c1-13(18-4-2-3-9-25-18)27-19-8-5-14(10-20(19)28(31)32)22(30)26-12-21(29)16-7-6-15(23)11-17(16)24/h2-11,13,21,27,29H,12H2,1H3,(H,26,30). The van der Waals surface area contributed by atoms with E-state index in [1.165, 1.54) is 12.1 Å². The lowest BCUT2D eigenvalue weighted by Gasteiger charge is -2.16. The molecule has 0 aliphatic carbocycles. The molecule has 1 amide bonds. The van der Waals surface area contributed by atoms with Crippen LogP contribution in [-0.4, -0.2) is 27.5 Å². The first kappa shape index (κ1) is 22.8. The third-order valence-electron chi connectivity index (χ3n) is 4.74. The van der Waals surface area contributed by atoms with Gasteiger partial charge in [0.05, 0.1) is 22.8 Å². The van der Waals surface area contributed by atoms with Gasteiger partial charge in [-0.25, -0.2) is 8.78 Å². The van der Waals surface area contributed by atoms with Gasteiger partial charge in [0.15, 0.2) is 0 Å². The number of carbonyl (C=O) groups excluding carboxylic acids is 1. The van der Waals surface area contributed by atoms with Crippen molar-refractivity contribution in [1.29, 1.82) is 0 Å². The summed E-state index contributed by atoms with van der Waals surface area (Å²) >= 11 is 0.